The first-order valence-electron chi connectivity index (χ1n) is 10.1. The third kappa shape index (κ3) is 3.68. The Hall–Kier alpha value is -1.58. The average molecular weight is 341 g/mol. The monoisotopic (exact) mass is 341 g/mol. The number of carbonyl (C=O) groups is 1. The van der Waals surface area contributed by atoms with Gasteiger partial charge in [-0.05, 0) is 69.3 Å². The molecule has 1 heterocycles. The molecule has 1 aromatic heterocycles. The van der Waals surface area contributed by atoms with Crippen molar-refractivity contribution in [3.63, 3.8) is 0 Å². The van der Waals surface area contributed by atoms with E-state index in [0.29, 0.717) is 23.9 Å². The molecule has 4 heteroatoms. The number of aromatic amines is 1. The lowest BCUT2D eigenvalue weighted by Gasteiger charge is -2.37. The van der Waals surface area contributed by atoms with Crippen molar-refractivity contribution >= 4 is 5.91 Å². The van der Waals surface area contributed by atoms with E-state index in [4.69, 9.17) is 0 Å². The summed E-state index contributed by atoms with van der Waals surface area (Å²) in [6, 6.07) is 0.887. The summed E-state index contributed by atoms with van der Waals surface area (Å²) in [6.45, 7) is 4.56. The van der Waals surface area contributed by atoms with Crippen LogP contribution < -0.4 is 0 Å². The van der Waals surface area contributed by atoms with Crippen LogP contribution in [-0.4, -0.2) is 33.1 Å². The summed E-state index contributed by atoms with van der Waals surface area (Å²) < 4.78 is 0. The van der Waals surface area contributed by atoms with Gasteiger partial charge in [0.15, 0.2) is 0 Å². The number of hydrogen-bond donors (Lipinski definition) is 1. The van der Waals surface area contributed by atoms with Crippen LogP contribution in [0.1, 0.15) is 70.1 Å². The van der Waals surface area contributed by atoms with E-state index in [1.54, 1.807) is 5.57 Å². The van der Waals surface area contributed by atoms with Crippen LogP contribution in [0.5, 0.6) is 0 Å². The Kier molecular flexibility index (Phi) is 4.70. The van der Waals surface area contributed by atoms with Crippen LogP contribution >= 0.6 is 0 Å². The van der Waals surface area contributed by atoms with Gasteiger partial charge in [-0.15, -0.1) is 0 Å². The first-order valence-corrected chi connectivity index (χ1v) is 10.1. The van der Waals surface area contributed by atoms with Gasteiger partial charge in [0, 0.05) is 23.7 Å². The maximum atomic E-state index is 13.3. The number of nitrogens with zero attached hydrogens (tertiary/aromatic N) is 2. The van der Waals surface area contributed by atoms with E-state index >= 15 is 0 Å². The second-order valence-corrected chi connectivity index (χ2v) is 8.68. The molecule has 3 aliphatic carbocycles. The van der Waals surface area contributed by atoms with Gasteiger partial charge in [-0.1, -0.05) is 25.5 Å². The highest BCUT2D eigenvalue weighted by atomic mass is 16.2. The van der Waals surface area contributed by atoms with Gasteiger partial charge in [0.05, 0.1) is 6.20 Å². The molecular weight excluding hydrogens is 310 g/mol. The Balaban J connectivity index is 1.43. The molecule has 1 amide bonds. The summed E-state index contributed by atoms with van der Waals surface area (Å²) >= 11 is 0. The highest BCUT2D eigenvalue weighted by Gasteiger charge is 2.41. The molecule has 0 aliphatic heterocycles. The number of hydrogen-bond acceptors (Lipinski definition) is 2. The molecule has 25 heavy (non-hydrogen) atoms. The zero-order valence-corrected chi connectivity index (χ0v) is 15.6. The Bertz CT molecular complexity index is 656. The molecule has 3 aliphatic rings. The van der Waals surface area contributed by atoms with Gasteiger partial charge in [0.25, 0.3) is 0 Å². The number of aryl methyl sites for hydroxylation is 1. The van der Waals surface area contributed by atoms with Gasteiger partial charge in [-0.3, -0.25) is 9.89 Å². The third-order valence-electron chi connectivity index (χ3n) is 6.10. The maximum absolute atomic E-state index is 13.3. The number of fused-ring (bicyclic) bond motifs is 1. The standard InChI is InChI=1S/C21H31N3O/c1-14(2)11-15-3-5-16(6-4-15)21(25)24(18-7-8-18)19-9-10-20-17(12-19)13-22-23-20/h3,13-14,16,18-19H,4-12H2,1-2H3,(H,22,23). The normalized spacial score (nSPS) is 26.3. The maximum Gasteiger partial charge on any atom is 0.226 e. The number of rotatable bonds is 5. The van der Waals surface area contributed by atoms with Crippen molar-refractivity contribution in [2.75, 3.05) is 0 Å². The molecular formula is C21H31N3O. The molecule has 1 saturated carbocycles. The van der Waals surface area contributed by atoms with Gasteiger partial charge >= 0.3 is 0 Å². The summed E-state index contributed by atoms with van der Waals surface area (Å²) in [5, 5.41) is 7.30. The Morgan fingerprint density at radius 2 is 2.08 bits per heavy atom. The highest BCUT2D eigenvalue weighted by molar-refractivity contribution is 5.80. The zero-order valence-electron chi connectivity index (χ0n) is 15.6. The predicted octanol–water partition coefficient (Wildman–Crippen LogP) is 4.03. The van der Waals surface area contributed by atoms with Gasteiger partial charge in [0.2, 0.25) is 5.91 Å². The van der Waals surface area contributed by atoms with E-state index in [0.717, 1.165) is 38.5 Å². The molecule has 0 aromatic carbocycles. The summed E-state index contributed by atoms with van der Waals surface area (Å²) in [7, 11) is 0. The minimum absolute atomic E-state index is 0.210. The summed E-state index contributed by atoms with van der Waals surface area (Å²) in [5.41, 5.74) is 4.16. The topological polar surface area (TPSA) is 49.0 Å². The molecule has 1 aromatic rings. The van der Waals surface area contributed by atoms with Crippen LogP contribution in [0.4, 0.5) is 0 Å². The second kappa shape index (κ2) is 6.97. The molecule has 136 valence electrons. The van der Waals surface area contributed by atoms with Crippen LogP contribution in [0.15, 0.2) is 17.8 Å². The summed E-state index contributed by atoms with van der Waals surface area (Å²) in [4.78, 5) is 15.6. The van der Waals surface area contributed by atoms with Crippen LogP contribution in [0.2, 0.25) is 0 Å². The fourth-order valence-electron chi connectivity index (χ4n) is 4.68. The van der Waals surface area contributed by atoms with Crippen molar-refractivity contribution in [3.05, 3.63) is 29.1 Å². The van der Waals surface area contributed by atoms with E-state index in [-0.39, 0.29) is 5.92 Å². The molecule has 2 unspecified atom stereocenters. The predicted molar refractivity (Wildman–Crippen MR) is 99.1 cm³/mol. The Labute approximate surface area is 151 Å². The van der Waals surface area contributed by atoms with Crippen molar-refractivity contribution in [3.8, 4) is 0 Å². The van der Waals surface area contributed by atoms with Gasteiger partial charge in [0.1, 0.15) is 0 Å². The van der Waals surface area contributed by atoms with Crippen molar-refractivity contribution in [2.45, 2.75) is 83.7 Å². The molecule has 4 rings (SSSR count). The Morgan fingerprint density at radius 1 is 1.24 bits per heavy atom. The van der Waals surface area contributed by atoms with E-state index in [2.05, 4.69) is 35.0 Å². The fraction of sp³-hybridized carbons (Fsp3) is 0.714. The number of allylic oxidation sites excluding steroid dienone is 2. The average Bonchev–Trinajstić information content (AvgIpc) is 3.31. The van der Waals surface area contributed by atoms with Crippen LogP contribution in [0, 0.1) is 11.8 Å². The summed E-state index contributed by atoms with van der Waals surface area (Å²) in [5.74, 6) is 1.36. The lowest BCUT2D eigenvalue weighted by atomic mass is 9.84. The molecule has 2 atom stereocenters. The highest BCUT2D eigenvalue weighted by Crippen LogP contribution is 2.37. The van der Waals surface area contributed by atoms with Gasteiger partial charge in [-0.25, -0.2) is 0 Å². The smallest absolute Gasteiger partial charge is 0.226 e. The van der Waals surface area contributed by atoms with Crippen LogP contribution in [0.25, 0.3) is 0 Å². The van der Waals surface area contributed by atoms with Crippen molar-refractivity contribution in [1.29, 1.82) is 0 Å². The van der Waals surface area contributed by atoms with E-state index in [1.807, 2.05) is 6.20 Å². The molecule has 0 spiro atoms. The first-order chi connectivity index (χ1) is 12.1. The van der Waals surface area contributed by atoms with Crippen LogP contribution in [-0.2, 0) is 17.6 Å². The number of aromatic nitrogens is 2. The SMILES string of the molecule is CC(C)CC1=CCC(C(=O)N(C2CC2)C2CCc3[nH]ncc3C2)CC1. The number of carbonyl (C=O) groups excluding carboxylic acids is 1. The fourth-order valence-corrected chi connectivity index (χ4v) is 4.68. The first kappa shape index (κ1) is 16.9. The van der Waals surface area contributed by atoms with Crippen molar-refractivity contribution in [1.82, 2.24) is 15.1 Å². The minimum atomic E-state index is 0.210. The Morgan fingerprint density at radius 3 is 2.76 bits per heavy atom. The molecule has 4 nitrogen and oxygen atoms in total. The minimum Gasteiger partial charge on any atom is -0.336 e. The largest absolute Gasteiger partial charge is 0.336 e. The van der Waals surface area contributed by atoms with E-state index in [9.17, 15) is 4.79 Å². The van der Waals surface area contributed by atoms with Crippen molar-refractivity contribution < 1.29 is 4.79 Å². The number of amides is 1. The van der Waals surface area contributed by atoms with E-state index < -0.39 is 0 Å². The molecule has 0 radical (unpaired) electrons. The van der Waals surface area contributed by atoms with E-state index in [1.165, 1.54) is 30.5 Å². The molecule has 0 bridgehead atoms. The van der Waals surface area contributed by atoms with Gasteiger partial charge < -0.3 is 4.90 Å². The molecule has 0 saturated heterocycles. The lowest BCUT2D eigenvalue weighted by molar-refractivity contribution is -0.139. The second-order valence-electron chi connectivity index (χ2n) is 8.68. The molecule has 1 fully saturated rings. The quantitative estimate of drug-likeness (QED) is 0.822. The third-order valence-corrected chi connectivity index (χ3v) is 6.10. The van der Waals surface area contributed by atoms with Gasteiger partial charge in [-0.2, -0.15) is 5.10 Å². The lowest BCUT2D eigenvalue weighted by Crippen LogP contribution is -2.47. The number of H-pyrrole nitrogens is 1. The van der Waals surface area contributed by atoms with Crippen LogP contribution in [0.3, 0.4) is 0 Å². The summed E-state index contributed by atoms with van der Waals surface area (Å²) in [6.07, 6.45) is 14.1. The zero-order chi connectivity index (χ0) is 17.4. The molecule has 1 N–H and O–H groups in total. The van der Waals surface area contributed by atoms with Crippen molar-refractivity contribution in [2.24, 2.45) is 11.8 Å². The number of nitrogens with one attached hydrogen (secondary N) is 1.